The van der Waals surface area contributed by atoms with Gasteiger partial charge >= 0.3 is 0 Å². The number of nitrogens with one attached hydrogen (secondary N) is 1. The van der Waals surface area contributed by atoms with Crippen molar-refractivity contribution in [1.82, 2.24) is 9.78 Å². The standard InChI is InChI=1S/C13H16ClN3/c1-10-3-4-13(12(14)7-10)15-6-5-11-8-16-17(2)9-11/h3-4,7-9,15H,5-6H2,1-2H3. The molecule has 0 saturated heterocycles. The summed E-state index contributed by atoms with van der Waals surface area (Å²) in [5, 5.41) is 8.24. The lowest BCUT2D eigenvalue weighted by molar-refractivity contribution is 0.767. The molecule has 0 amide bonds. The van der Waals surface area contributed by atoms with E-state index in [4.69, 9.17) is 11.6 Å². The van der Waals surface area contributed by atoms with Crippen LogP contribution < -0.4 is 5.32 Å². The van der Waals surface area contributed by atoms with E-state index in [0.29, 0.717) is 0 Å². The van der Waals surface area contributed by atoms with Crippen LogP contribution in [0.5, 0.6) is 0 Å². The number of halogens is 1. The number of anilines is 1. The molecule has 0 bridgehead atoms. The highest BCUT2D eigenvalue weighted by Crippen LogP contribution is 2.22. The normalized spacial score (nSPS) is 10.5. The predicted octanol–water partition coefficient (Wildman–Crippen LogP) is 3.04. The van der Waals surface area contributed by atoms with Crippen molar-refractivity contribution in [2.75, 3.05) is 11.9 Å². The summed E-state index contributed by atoms with van der Waals surface area (Å²) in [6.07, 6.45) is 4.86. The highest BCUT2D eigenvalue weighted by molar-refractivity contribution is 6.33. The van der Waals surface area contributed by atoms with E-state index in [2.05, 4.69) is 16.5 Å². The minimum absolute atomic E-state index is 0.774. The van der Waals surface area contributed by atoms with Gasteiger partial charge in [0.15, 0.2) is 0 Å². The zero-order valence-electron chi connectivity index (χ0n) is 10.1. The van der Waals surface area contributed by atoms with Gasteiger partial charge < -0.3 is 5.32 Å². The molecule has 0 atom stereocenters. The van der Waals surface area contributed by atoms with E-state index in [9.17, 15) is 0 Å². The minimum atomic E-state index is 0.774. The van der Waals surface area contributed by atoms with Gasteiger partial charge in [-0.25, -0.2) is 0 Å². The molecule has 0 saturated carbocycles. The van der Waals surface area contributed by atoms with E-state index in [1.54, 1.807) is 0 Å². The summed E-state index contributed by atoms with van der Waals surface area (Å²) in [5.41, 5.74) is 3.39. The van der Waals surface area contributed by atoms with Crippen molar-refractivity contribution >= 4 is 17.3 Å². The van der Waals surface area contributed by atoms with Crippen LogP contribution in [0.1, 0.15) is 11.1 Å². The first kappa shape index (κ1) is 12.0. The SMILES string of the molecule is Cc1ccc(NCCc2cnn(C)c2)c(Cl)c1. The molecule has 0 fully saturated rings. The van der Waals surface area contributed by atoms with Crippen molar-refractivity contribution in [2.24, 2.45) is 7.05 Å². The van der Waals surface area contributed by atoms with Crippen LogP contribution in [-0.4, -0.2) is 16.3 Å². The Balaban J connectivity index is 1.90. The molecular weight excluding hydrogens is 234 g/mol. The molecule has 0 spiro atoms. The van der Waals surface area contributed by atoms with E-state index in [1.165, 1.54) is 11.1 Å². The van der Waals surface area contributed by atoms with Crippen LogP contribution in [0.3, 0.4) is 0 Å². The van der Waals surface area contributed by atoms with Crippen LogP contribution in [0.4, 0.5) is 5.69 Å². The van der Waals surface area contributed by atoms with E-state index >= 15 is 0 Å². The lowest BCUT2D eigenvalue weighted by atomic mass is 10.2. The minimum Gasteiger partial charge on any atom is -0.384 e. The second-order valence-electron chi connectivity index (χ2n) is 4.18. The fraction of sp³-hybridized carbons (Fsp3) is 0.308. The van der Waals surface area contributed by atoms with Crippen molar-refractivity contribution in [3.05, 3.63) is 46.7 Å². The number of rotatable bonds is 4. The Labute approximate surface area is 106 Å². The van der Waals surface area contributed by atoms with Gasteiger partial charge in [-0.1, -0.05) is 17.7 Å². The Morgan fingerprint density at radius 2 is 2.24 bits per heavy atom. The number of nitrogens with zero attached hydrogens (tertiary/aromatic N) is 2. The molecule has 0 unspecified atom stereocenters. The second kappa shape index (κ2) is 5.23. The molecule has 3 nitrogen and oxygen atoms in total. The topological polar surface area (TPSA) is 29.9 Å². The van der Waals surface area contributed by atoms with Crippen molar-refractivity contribution < 1.29 is 0 Å². The molecule has 2 aromatic rings. The summed E-state index contributed by atoms with van der Waals surface area (Å²) in [6.45, 7) is 2.89. The third-order valence-electron chi connectivity index (χ3n) is 2.61. The Kier molecular flexibility index (Phi) is 3.69. The van der Waals surface area contributed by atoms with Gasteiger partial charge in [-0.3, -0.25) is 4.68 Å². The smallest absolute Gasteiger partial charge is 0.0640 e. The first-order valence-electron chi connectivity index (χ1n) is 5.63. The van der Waals surface area contributed by atoms with Crippen molar-refractivity contribution in [1.29, 1.82) is 0 Å². The Hall–Kier alpha value is -1.48. The summed E-state index contributed by atoms with van der Waals surface area (Å²) in [7, 11) is 1.92. The molecule has 4 heteroatoms. The zero-order valence-corrected chi connectivity index (χ0v) is 10.8. The molecule has 0 aliphatic heterocycles. The summed E-state index contributed by atoms with van der Waals surface area (Å²) < 4.78 is 1.81. The van der Waals surface area contributed by atoms with Gasteiger partial charge in [0.2, 0.25) is 0 Å². The number of hydrogen-bond donors (Lipinski definition) is 1. The lowest BCUT2D eigenvalue weighted by Gasteiger charge is -2.08. The van der Waals surface area contributed by atoms with Crippen molar-refractivity contribution in [3.8, 4) is 0 Å². The van der Waals surface area contributed by atoms with Gasteiger partial charge in [-0.2, -0.15) is 5.10 Å². The van der Waals surface area contributed by atoms with E-state index in [-0.39, 0.29) is 0 Å². The molecule has 1 N–H and O–H groups in total. The number of benzene rings is 1. The quantitative estimate of drug-likeness (QED) is 0.903. The molecule has 0 radical (unpaired) electrons. The molecule has 2 rings (SSSR count). The average molecular weight is 250 g/mol. The highest BCUT2D eigenvalue weighted by atomic mass is 35.5. The van der Waals surface area contributed by atoms with Crippen LogP contribution in [0.2, 0.25) is 5.02 Å². The molecule has 90 valence electrons. The maximum absolute atomic E-state index is 6.14. The Morgan fingerprint density at radius 3 is 2.88 bits per heavy atom. The molecular formula is C13H16ClN3. The molecule has 17 heavy (non-hydrogen) atoms. The van der Waals surface area contributed by atoms with Crippen molar-refractivity contribution in [2.45, 2.75) is 13.3 Å². The first-order valence-corrected chi connectivity index (χ1v) is 6.00. The van der Waals surface area contributed by atoms with Gasteiger partial charge in [0.05, 0.1) is 16.9 Å². The van der Waals surface area contributed by atoms with Crippen molar-refractivity contribution in [3.63, 3.8) is 0 Å². The zero-order chi connectivity index (χ0) is 12.3. The molecule has 1 aromatic heterocycles. The Morgan fingerprint density at radius 1 is 1.41 bits per heavy atom. The van der Waals surface area contributed by atoms with Crippen LogP contribution in [0, 0.1) is 6.92 Å². The van der Waals surface area contributed by atoms with Crippen LogP contribution in [0.25, 0.3) is 0 Å². The summed E-state index contributed by atoms with van der Waals surface area (Å²) in [4.78, 5) is 0. The average Bonchev–Trinajstić information content (AvgIpc) is 2.68. The van der Waals surface area contributed by atoms with E-state index < -0.39 is 0 Å². The molecule has 0 aliphatic rings. The number of aromatic nitrogens is 2. The predicted molar refractivity (Wildman–Crippen MR) is 71.6 cm³/mol. The van der Waals surface area contributed by atoms with E-state index in [0.717, 1.165) is 23.7 Å². The summed E-state index contributed by atoms with van der Waals surface area (Å²) in [5.74, 6) is 0. The fourth-order valence-corrected chi connectivity index (χ4v) is 2.01. The second-order valence-corrected chi connectivity index (χ2v) is 4.59. The largest absolute Gasteiger partial charge is 0.384 e. The maximum atomic E-state index is 6.14. The summed E-state index contributed by atoms with van der Waals surface area (Å²) in [6, 6.07) is 6.03. The Bertz CT molecular complexity index is 505. The lowest BCUT2D eigenvalue weighted by Crippen LogP contribution is -2.04. The fourth-order valence-electron chi connectivity index (χ4n) is 1.71. The number of hydrogen-bond acceptors (Lipinski definition) is 2. The van der Waals surface area contributed by atoms with Gasteiger partial charge in [0.25, 0.3) is 0 Å². The van der Waals surface area contributed by atoms with Gasteiger partial charge in [-0.05, 0) is 36.6 Å². The van der Waals surface area contributed by atoms with E-state index in [1.807, 2.05) is 43.2 Å². The molecule has 0 aliphatic carbocycles. The first-order chi connectivity index (χ1) is 8.15. The number of aryl methyl sites for hydroxylation is 2. The van der Waals surface area contributed by atoms with Gasteiger partial charge in [-0.15, -0.1) is 0 Å². The molecule has 1 heterocycles. The summed E-state index contributed by atoms with van der Waals surface area (Å²) >= 11 is 6.14. The van der Waals surface area contributed by atoms with Crippen LogP contribution in [-0.2, 0) is 13.5 Å². The monoisotopic (exact) mass is 249 g/mol. The molecule has 1 aromatic carbocycles. The highest BCUT2D eigenvalue weighted by Gasteiger charge is 2.00. The third kappa shape index (κ3) is 3.24. The third-order valence-corrected chi connectivity index (χ3v) is 2.92. The van der Waals surface area contributed by atoms with Crippen LogP contribution >= 0.6 is 11.6 Å². The van der Waals surface area contributed by atoms with Gasteiger partial charge in [0, 0.05) is 19.8 Å². The van der Waals surface area contributed by atoms with Crippen LogP contribution in [0.15, 0.2) is 30.6 Å². The maximum Gasteiger partial charge on any atom is 0.0640 e. The van der Waals surface area contributed by atoms with Gasteiger partial charge in [0.1, 0.15) is 0 Å².